The van der Waals surface area contributed by atoms with E-state index in [1.54, 1.807) is 13.0 Å². The number of nitrogens with two attached hydrogens (primary N) is 1. The third-order valence-corrected chi connectivity index (χ3v) is 3.35. The first-order valence-corrected chi connectivity index (χ1v) is 5.89. The number of hydrogen-bond acceptors (Lipinski definition) is 3. The number of carbonyl (C=O) groups excluding carboxylic acids is 1. The number of anilines is 1. The molecule has 1 aromatic rings. The maximum atomic E-state index is 11.8. The van der Waals surface area contributed by atoms with Gasteiger partial charge in [0.15, 0.2) is 0 Å². The molecule has 0 bridgehead atoms. The number of amides is 1. The van der Waals surface area contributed by atoms with Crippen LogP contribution in [0, 0.1) is 6.92 Å². The van der Waals surface area contributed by atoms with Crippen molar-refractivity contribution in [3.63, 3.8) is 0 Å². The Morgan fingerprint density at radius 1 is 1.62 bits per heavy atom. The number of pyridine rings is 1. The molecule has 5 heteroatoms. The second-order valence-electron chi connectivity index (χ2n) is 3.99. The van der Waals surface area contributed by atoms with Gasteiger partial charge in [-0.1, -0.05) is 6.92 Å². The Bertz CT molecular complexity index is 404. The van der Waals surface area contributed by atoms with Gasteiger partial charge in [0, 0.05) is 4.47 Å². The lowest BCUT2D eigenvalue weighted by Gasteiger charge is -2.21. The Kier molecular flexibility index (Phi) is 4.04. The van der Waals surface area contributed by atoms with Gasteiger partial charge >= 0.3 is 0 Å². The van der Waals surface area contributed by atoms with Gasteiger partial charge in [-0.15, -0.1) is 0 Å². The summed E-state index contributed by atoms with van der Waals surface area (Å²) in [4.78, 5) is 16.0. The minimum atomic E-state index is -0.858. The molecule has 0 aromatic carbocycles. The summed E-state index contributed by atoms with van der Waals surface area (Å²) >= 11 is 3.35. The van der Waals surface area contributed by atoms with E-state index in [0.717, 1.165) is 10.2 Å². The molecule has 1 unspecified atom stereocenters. The van der Waals surface area contributed by atoms with Crippen molar-refractivity contribution in [3.05, 3.63) is 22.3 Å². The van der Waals surface area contributed by atoms with Crippen molar-refractivity contribution in [2.75, 3.05) is 5.32 Å². The highest BCUT2D eigenvalue weighted by Crippen LogP contribution is 2.17. The van der Waals surface area contributed by atoms with Crippen LogP contribution in [0.1, 0.15) is 26.0 Å². The summed E-state index contributed by atoms with van der Waals surface area (Å²) in [6.45, 7) is 5.44. The van der Waals surface area contributed by atoms with Gasteiger partial charge in [0.2, 0.25) is 5.91 Å². The molecule has 3 N–H and O–H groups in total. The molecular weight excluding hydrogens is 270 g/mol. The van der Waals surface area contributed by atoms with Crippen LogP contribution in [0.2, 0.25) is 0 Å². The van der Waals surface area contributed by atoms with Crippen LogP contribution in [0.25, 0.3) is 0 Å². The average molecular weight is 286 g/mol. The molecule has 0 saturated carbocycles. The van der Waals surface area contributed by atoms with Crippen molar-refractivity contribution >= 4 is 27.7 Å². The zero-order chi connectivity index (χ0) is 12.3. The van der Waals surface area contributed by atoms with Crippen LogP contribution < -0.4 is 11.1 Å². The Labute approximate surface area is 104 Å². The van der Waals surface area contributed by atoms with Crippen molar-refractivity contribution in [2.24, 2.45) is 5.73 Å². The molecule has 0 aliphatic rings. The molecule has 0 spiro atoms. The third kappa shape index (κ3) is 3.02. The summed E-state index contributed by atoms with van der Waals surface area (Å²) in [5.74, 6) is 0.306. The zero-order valence-electron chi connectivity index (χ0n) is 9.67. The summed E-state index contributed by atoms with van der Waals surface area (Å²) in [6, 6.07) is 3.58. The molecular formula is C11H16BrN3O. The van der Waals surface area contributed by atoms with E-state index in [2.05, 4.69) is 26.2 Å². The molecule has 0 aliphatic carbocycles. The van der Waals surface area contributed by atoms with E-state index in [1.807, 2.05) is 19.9 Å². The number of aromatic nitrogens is 1. The maximum absolute atomic E-state index is 11.8. The maximum Gasteiger partial charge on any atom is 0.245 e. The molecule has 1 aromatic heterocycles. The first-order valence-electron chi connectivity index (χ1n) is 5.10. The van der Waals surface area contributed by atoms with Gasteiger partial charge in [-0.05, 0) is 48.3 Å². The molecule has 16 heavy (non-hydrogen) atoms. The van der Waals surface area contributed by atoms with E-state index in [-0.39, 0.29) is 5.91 Å². The molecule has 1 atom stereocenters. The first-order chi connectivity index (χ1) is 7.36. The Morgan fingerprint density at radius 3 is 2.75 bits per heavy atom. The van der Waals surface area contributed by atoms with Crippen LogP contribution in [0.3, 0.4) is 0 Å². The Balaban J connectivity index is 2.82. The van der Waals surface area contributed by atoms with E-state index in [9.17, 15) is 4.79 Å². The highest BCUT2D eigenvalue weighted by molar-refractivity contribution is 9.10. The van der Waals surface area contributed by atoms with Crippen LogP contribution in [-0.2, 0) is 4.79 Å². The monoisotopic (exact) mass is 285 g/mol. The second kappa shape index (κ2) is 4.93. The van der Waals surface area contributed by atoms with Gasteiger partial charge in [0.25, 0.3) is 0 Å². The highest BCUT2D eigenvalue weighted by Gasteiger charge is 2.26. The topological polar surface area (TPSA) is 68.0 Å². The van der Waals surface area contributed by atoms with Gasteiger partial charge in [-0.2, -0.15) is 0 Å². The van der Waals surface area contributed by atoms with E-state index >= 15 is 0 Å². The van der Waals surface area contributed by atoms with Crippen molar-refractivity contribution in [1.82, 2.24) is 4.98 Å². The fourth-order valence-electron chi connectivity index (χ4n) is 1.03. The average Bonchev–Trinajstić information content (AvgIpc) is 2.23. The second-order valence-corrected chi connectivity index (χ2v) is 4.84. The molecule has 0 aliphatic heterocycles. The summed E-state index contributed by atoms with van der Waals surface area (Å²) in [6.07, 6.45) is 0.578. The molecule has 0 saturated heterocycles. The smallest absolute Gasteiger partial charge is 0.245 e. The standard InChI is InChI=1S/C11H16BrN3O/c1-4-11(3,13)10(16)15-9-6-5-8(12)7(2)14-9/h5-6H,4,13H2,1-3H3,(H,14,15,16). The number of nitrogens with zero attached hydrogens (tertiary/aromatic N) is 1. The van der Waals surface area contributed by atoms with Gasteiger partial charge in [0.1, 0.15) is 5.82 Å². The van der Waals surface area contributed by atoms with Gasteiger partial charge in [-0.3, -0.25) is 4.79 Å². The molecule has 0 radical (unpaired) electrons. The molecule has 1 amide bonds. The molecule has 4 nitrogen and oxygen atoms in total. The summed E-state index contributed by atoms with van der Waals surface area (Å²) in [7, 11) is 0. The van der Waals surface area contributed by atoms with Gasteiger partial charge in [0.05, 0.1) is 11.2 Å². The Hall–Kier alpha value is -0.940. The quantitative estimate of drug-likeness (QED) is 0.895. The summed E-state index contributed by atoms with van der Waals surface area (Å²) in [5, 5.41) is 2.71. The van der Waals surface area contributed by atoms with E-state index in [4.69, 9.17) is 5.73 Å². The number of rotatable bonds is 3. The van der Waals surface area contributed by atoms with Crippen molar-refractivity contribution in [2.45, 2.75) is 32.7 Å². The molecule has 88 valence electrons. The number of nitrogens with one attached hydrogen (secondary N) is 1. The molecule has 1 rings (SSSR count). The van der Waals surface area contributed by atoms with Crippen molar-refractivity contribution in [1.29, 1.82) is 0 Å². The predicted molar refractivity (Wildman–Crippen MR) is 68.2 cm³/mol. The largest absolute Gasteiger partial charge is 0.318 e. The third-order valence-electron chi connectivity index (χ3n) is 2.52. The van der Waals surface area contributed by atoms with Crippen LogP contribution in [0.15, 0.2) is 16.6 Å². The van der Waals surface area contributed by atoms with Crippen LogP contribution in [-0.4, -0.2) is 16.4 Å². The number of carbonyl (C=O) groups is 1. The normalized spacial score (nSPS) is 14.3. The minimum absolute atomic E-state index is 0.218. The molecule has 1 heterocycles. The van der Waals surface area contributed by atoms with E-state index < -0.39 is 5.54 Å². The molecule has 0 fully saturated rings. The van der Waals surface area contributed by atoms with Crippen LogP contribution >= 0.6 is 15.9 Å². The number of hydrogen-bond donors (Lipinski definition) is 2. The lowest BCUT2D eigenvalue weighted by atomic mass is 10.00. The van der Waals surface area contributed by atoms with Crippen LogP contribution in [0.4, 0.5) is 5.82 Å². The minimum Gasteiger partial charge on any atom is -0.318 e. The summed E-state index contributed by atoms with van der Waals surface area (Å²) < 4.78 is 0.913. The fraction of sp³-hybridized carbons (Fsp3) is 0.455. The van der Waals surface area contributed by atoms with E-state index in [1.165, 1.54) is 0 Å². The van der Waals surface area contributed by atoms with Gasteiger partial charge in [-0.25, -0.2) is 4.98 Å². The van der Waals surface area contributed by atoms with E-state index in [0.29, 0.717) is 12.2 Å². The fourth-order valence-corrected chi connectivity index (χ4v) is 1.25. The van der Waals surface area contributed by atoms with Crippen LogP contribution in [0.5, 0.6) is 0 Å². The van der Waals surface area contributed by atoms with Crippen molar-refractivity contribution < 1.29 is 4.79 Å². The lowest BCUT2D eigenvalue weighted by molar-refractivity contribution is -0.120. The zero-order valence-corrected chi connectivity index (χ0v) is 11.3. The predicted octanol–water partition coefficient (Wildman–Crippen LogP) is 2.22. The lowest BCUT2D eigenvalue weighted by Crippen LogP contribution is -2.47. The SMILES string of the molecule is CCC(C)(N)C(=O)Nc1ccc(Br)c(C)n1. The van der Waals surface area contributed by atoms with Gasteiger partial charge < -0.3 is 11.1 Å². The number of aryl methyl sites for hydroxylation is 1. The highest BCUT2D eigenvalue weighted by atomic mass is 79.9. The Morgan fingerprint density at radius 2 is 2.25 bits per heavy atom. The van der Waals surface area contributed by atoms with Crippen molar-refractivity contribution in [3.8, 4) is 0 Å². The first kappa shape index (κ1) is 13.1. The summed E-state index contributed by atoms with van der Waals surface area (Å²) in [5.41, 5.74) is 5.79. The number of halogens is 1.